The number of carboxylic acid groups (broad SMARTS) is 1. The number of hydrazine groups is 1. The molecule has 2 aliphatic carbocycles. The van der Waals surface area contributed by atoms with E-state index in [0.717, 1.165) is 19.3 Å². The number of hydrogen-bond donors (Lipinski definition) is 3. The minimum absolute atomic E-state index is 0.0315. The van der Waals surface area contributed by atoms with Crippen LogP contribution in [0.2, 0.25) is 0 Å². The average Bonchev–Trinajstić information content (AvgIpc) is 3.32. The van der Waals surface area contributed by atoms with Crippen LogP contribution in [0.5, 0.6) is 17.2 Å². The molecule has 152 valence electrons. The van der Waals surface area contributed by atoms with Gasteiger partial charge in [-0.25, -0.2) is 0 Å². The van der Waals surface area contributed by atoms with E-state index in [1.807, 2.05) is 0 Å². The number of carboxylic acids is 1. The second-order valence-electron chi connectivity index (χ2n) is 7.08. The van der Waals surface area contributed by atoms with Crippen molar-refractivity contribution >= 4 is 17.8 Å². The van der Waals surface area contributed by atoms with Gasteiger partial charge in [0.2, 0.25) is 11.7 Å². The molecule has 3 N–H and O–H groups in total. The Morgan fingerprint density at radius 3 is 2.00 bits per heavy atom. The summed E-state index contributed by atoms with van der Waals surface area (Å²) >= 11 is 0. The molecule has 4 unspecified atom stereocenters. The lowest BCUT2D eigenvalue weighted by molar-refractivity contribution is -0.149. The van der Waals surface area contributed by atoms with E-state index in [9.17, 15) is 19.5 Å². The monoisotopic (exact) mass is 392 g/mol. The van der Waals surface area contributed by atoms with Gasteiger partial charge in [-0.15, -0.1) is 0 Å². The zero-order valence-corrected chi connectivity index (χ0v) is 16.0. The number of rotatable bonds is 6. The van der Waals surface area contributed by atoms with Gasteiger partial charge in [-0.3, -0.25) is 25.2 Å². The van der Waals surface area contributed by atoms with Gasteiger partial charge in [-0.1, -0.05) is 0 Å². The van der Waals surface area contributed by atoms with Crippen LogP contribution in [0.3, 0.4) is 0 Å². The molecule has 0 heterocycles. The summed E-state index contributed by atoms with van der Waals surface area (Å²) in [6.45, 7) is 0. The quantitative estimate of drug-likeness (QED) is 0.622. The lowest BCUT2D eigenvalue weighted by Gasteiger charge is -2.27. The molecule has 3 rings (SSSR count). The SMILES string of the molecule is COc1cc(C(=O)NNC(=O)C2C3CCC(C3)C2C(=O)O)cc(OC)c1OC. The van der Waals surface area contributed by atoms with Crippen LogP contribution in [-0.2, 0) is 9.59 Å². The summed E-state index contributed by atoms with van der Waals surface area (Å²) in [4.78, 5) is 36.6. The molecule has 2 fully saturated rings. The number of methoxy groups -OCH3 is 3. The lowest BCUT2D eigenvalue weighted by Crippen LogP contribution is -2.48. The average molecular weight is 392 g/mol. The minimum Gasteiger partial charge on any atom is -0.493 e. The zero-order chi connectivity index (χ0) is 20.4. The van der Waals surface area contributed by atoms with Crippen LogP contribution in [0, 0.1) is 23.7 Å². The van der Waals surface area contributed by atoms with Crippen LogP contribution in [-0.4, -0.2) is 44.2 Å². The Balaban J connectivity index is 1.70. The molecule has 0 radical (unpaired) electrons. The zero-order valence-electron chi connectivity index (χ0n) is 16.0. The molecule has 2 saturated carbocycles. The first kappa shape index (κ1) is 19.8. The summed E-state index contributed by atoms with van der Waals surface area (Å²) in [6.07, 6.45) is 2.42. The van der Waals surface area contributed by atoms with E-state index in [4.69, 9.17) is 14.2 Å². The van der Waals surface area contributed by atoms with Crippen molar-refractivity contribution in [3.05, 3.63) is 17.7 Å². The molecule has 4 atom stereocenters. The molecule has 0 saturated heterocycles. The normalized spacial score (nSPS) is 25.1. The summed E-state index contributed by atoms with van der Waals surface area (Å²) in [6, 6.07) is 2.92. The van der Waals surface area contributed by atoms with Crippen molar-refractivity contribution in [3.8, 4) is 17.2 Å². The fourth-order valence-electron chi connectivity index (χ4n) is 4.51. The molecule has 0 aliphatic heterocycles. The van der Waals surface area contributed by atoms with Gasteiger partial charge >= 0.3 is 5.97 Å². The van der Waals surface area contributed by atoms with Crippen molar-refractivity contribution in [2.24, 2.45) is 23.7 Å². The van der Waals surface area contributed by atoms with Gasteiger partial charge in [0.1, 0.15) is 0 Å². The van der Waals surface area contributed by atoms with E-state index >= 15 is 0 Å². The second-order valence-corrected chi connectivity index (χ2v) is 7.08. The number of carbonyl (C=O) groups is 3. The summed E-state index contributed by atoms with van der Waals surface area (Å²) in [5.74, 6) is -2.31. The molecule has 1 aromatic carbocycles. The Labute approximate surface area is 162 Å². The third-order valence-corrected chi connectivity index (χ3v) is 5.73. The van der Waals surface area contributed by atoms with E-state index in [1.54, 1.807) is 0 Å². The molecule has 28 heavy (non-hydrogen) atoms. The standard InChI is InChI=1S/C19H24N2O7/c1-26-12-7-11(8-13(27-2)16(12)28-3)17(22)20-21-18(23)14-9-4-5-10(6-9)15(14)19(24)25/h7-10,14-15H,4-6H2,1-3H3,(H,20,22)(H,21,23)(H,24,25). The fraction of sp³-hybridized carbons (Fsp3) is 0.526. The first-order valence-electron chi connectivity index (χ1n) is 9.04. The summed E-state index contributed by atoms with van der Waals surface area (Å²) in [5, 5.41) is 9.47. The van der Waals surface area contributed by atoms with E-state index < -0.39 is 29.6 Å². The van der Waals surface area contributed by atoms with Gasteiger partial charge in [0, 0.05) is 5.56 Å². The number of aliphatic carboxylic acids is 1. The van der Waals surface area contributed by atoms with Crippen LogP contribution in [0.25, 0.3) is 0 Å². The van der Waals surface area contributed by atoms with Crippen LogP contribution in [0.4, 0.5) is 0 Å². The van der Waals surface area contributed by atoms with Crippen molar-refractivity contribution in [1.29, 1.82) is 0 Å². The molecule has 0 aromatic heterocycles. The summed E-state index contributed by atoms with van der Waals surface area (Å²) < 4.78 is 15.6. The highest BCUT2D eigenvalue weighted by Crippen LogP contribution is 2.52. The number of fused-ring (bicyclic) bond motifs is 2. The number of carbonyl (C=O) groups excluding carboxylic acids is 2. The maximum atomic E-state index is 12.6. The molecule has 9 heteroatoms. The van der Waals surface area contributed by atoms with Crippen molar-refractivity contribution in [2.45, 2.75) is 19.3 Å². The molecule has 2 bridgehead atoms. The number of benzene rings is 1. The van der Waals surface area contributed by atoms with Gasteiger partial charge in [-0.05, 0) is 43.2 Å². The summed E-state index contributed by atoms with van der Waals surface area (Å²) in [5.41, 5.74) is 4.92. The number of amides is 2. The molecule has 2 aliphatic rings. The predicted octanol–water partition coefficient (Wildman–Crippen LogP) is 1.22. The Hall–Kier alpha value is -2.97. The Kier molecular flexibility index (Phi) is 5.62. The Morgan fingerprint density at radius 2 is 1.50 bits per heavy atom. The van der Waals surface area contributed by atoms with Crippen LogP contribution in [0.1, 0.15) is 29.6 Å². The molecular formula is C19H24N2O7. The van der Waals surface area contributed by atoms with Gasteiger partial charge in [-0.2, -0.15) is 0 Å². The summed E-state index contributed by atoms with van der Waals surface area (Å²) in [7, 11) is 4.32. The van der Waals surface area contributed by atoms with Crippen molar-refractivity contribution in [1.82, 2.24) is 10.9 Å². The fourth-order valence-corrected chi connectivity index (χ4v) is 4.51. The first-order valence-corrected chi connectivity index (χ1v) is 9.04. The van der Waals surface area contributed by atoms with Crippen LogP contribution in [0.15, 0.2) is 12.1 Å². The van der Waals surface area contributed by atoms with Crippen LogP contribution < -0.4 is 25.1 Å². The molecule has 1 aromatic rings. The predicted molar refractivity (Wildman–Crippen MR) is 97.2 cm³/mol. The minimum atomic E-state index is -0.955. The van der Waals surface area contributed by atoms with Crippen molar-refractivity contribution in [2.75, 3.05) is 21.3 Å². The topological polar surface area (TPSA) is 123 Å². The van der Waals surface area contributed by atoms with Crippen molar-refractivity contribution in [3.63, 3.8) is 0 Å². The van der Waals surface area contributed by atoms with Gasteiger partial charge < -0.3 is 19.3 Å². The number of nitrogens with one attached hydrogen (secondary N) is 2. The number of hydrogen-bond acceptors (Lipinski definition) is 6. The smallest absolute Gasteiger partial charge is 0.307 e. The number of ether oxygens (including phenoxy) is 3. The lowest BCUT2D eigenvalue weighted by atomic mass is 9.79. The highest BCUT2D eigenvalue weighted by atomic mass is 16.5. The van der Waals surface area contributed by atoms with Gasteiger partial charge in [0.05, 0.1) is 33.2 Å². The van der Waals surface area contributed by atoms with E-state index in [0.29, 0.717) is 17.2 Å². The molecule has 9 nitrogen and oxygen atoms in total. The van der Waals surface area contributed by atoms with Crippen LogP contribution >= 0.6 is 0 Å². The maximum absolute atomic E-state index is 12.6. The third kappa shape index (κ3) is 3.44. The molecular weight excluding hydrogens is 368 g/mol. The maximum Gasteiger partial charge on any atom is 0.307 e. The van der Waals surface area contributed by atoms with E-state index in [-0.39, 0.29) is 17.4 Å². The highest BCUT2D eigenvalue weighted by Gasteiger charge is 2.54. The highest BCUT2D eigenvalue weighted by molar-refractivity contribution is 5.97. The Bertz CT molecular complexity index is 769. The van der Waals surface area contributed by atoms with Gasteiger partial charge in [0.15, 0.2) is 11.5 Å². The molecule has 2 amide bonds. The van der Waals surface area contributed by atoms with Crippen molar-refractivity contribution < 1.29 is 33.7 Å². The Morgan fingerprint density at radius 1 is 0.929 bits per heavy atom. The molecule has 0 spiro atoms. The first-order chi connectivity index (χ1) is 13.4. The van der Waals surface area contributed by atoms with E-state index in [1.165, 1.54) is 33.5 Å². The third-order valence-electron chi connectivity index (χ3n) is 5.73. The largest absolute Gasteiger partial charge is 0.493 e. The van der Waals surface area contributed by atoms with E-state index in [2.05, 4.69) is 10.9 Å². The van der Waals surface area contributed by atoms with Gasteiger partial charge in [0.25, 0.3) is 5.91 Å². The second kappa shape index (κ2) is 7.95.